The van der Waals surface area contributed by atoms with E-state index in [0.717, 1.165) is 37.3 Å². The highest BCUT2D eigenvalue weighted by molar-refractivity contribution is 7.88. The molecule has 0 bridgehead atoms. The maximum absolute atomic E-state index is 11.9. The molecule has 2 aromatic rings. The molecule has 2 fully saturated rings. The van der Waals surface area contributed by atoms with E-state index < -0.39 is 10.0 Å². The Balaban J connectivity index is 1.41. The van der Waals surface area contributed by atoms with E-state index in [1.165, 1.54) is 11.8 Å². The van der Waals surface area contributed by atoms with Gasteiger partial charge in [-0.25, -0.2) is 18.1 Å². The average Bonchev–Trinajstić information content (AvgIpc) is 3.19. The van der Waals surface area contributed by atoms with Gasteiger partial charge in [-0.15, -0.1) is 0 Å². The van der Waals surface area contributed by atoms with E-state index in [-0.39, 0.29) is 18.2 Å². The Labute approximate surface area is 191 Å². The molecule has 1 aromatic carbocycles. The van der Waals surface area contributed by atoms with Crippen molar-refractivity contribution in [3.05, 3.63) is 54.2 Å². The largest absolute Gasteiger partial charge is 0.497 e. The van der Waals surface area contributed by atoms with Crippen LogP contribution in [0.25, 0.3) is 0 Å². The summed E-state index contributed by atoms with van der Waals surface area (Å²) in [5, 5.41) is 0. The molecule has 1 saturated carbocycles. The fourth-order valence-corrected chi connectivity index (χ4v) is 5.79. The molecule has 0 amide bonds. The van der Waals surface area contributed by atoms with E-state index in [2.05, 4.69) is 44.9 Å². The summed E-state index contributed by atoms with van der Waals surface area (Å²) in [4.78, 5) is 6.64. The topological polar surface area (TPSA) is 80.8 Å². The van der Waals surface area contributed by atoms with Crippen LogP contribution in [0.4, 0.5) is 5.82 Å². The lowest BCUT2D eigenvalue weighted by Crippen LogP contribution is -2.48. The number of hydrogen-bond acceptors (Lipinski definition) is 6. The molecule has 2 atom stereocenters. The third-order valence-corrected chi connectivity index (χ3v) is 7.34. The lowest BCUT2D eigenvalue weighted by atomic mass is 9.83. The van der Waals surface area contributed by atoms with Crippen molar-refractivity contribution in [2.24, 2.45) is 0 Å². The van der Waals surface area contributed by atoms with E-state index >= 15 is 0 Å². The Morgan fingerprint density at radius 1 is 1.09 bits per heavy atom. The van der Waals surface area contributed by atoms with Crippen LogP contribution in [0.5, 0.6) is 5.75 Å². The summed E-state index contributed by atoms with van der Waals surface area (Å²) in [5.41, 5.74) is 1.41. The Morgan fingerprint density at radius 2 is 1.84 bits per heavy atom. The monoisotopic (exact) mass is 459 g/mol. The minimum absolute atomic E-state index is 0.115. The molecule has 1 saturated heterocycles. The van der Waals surface area contributed by atoms with Crippen molar-refractivity contribution >= 4 is 15.8 Å². The second-order valence-corrected chi connectivity index (χ2v) is 10.6. The number of rotatable bonds is 8. The van der Waals surface area contributed by atoms with Crippen LogP contribution in [0.1, 0.15) is 43.6 Å². The van der Waals surface area contributed by atoms with Crippen LogP contribution in [-0.2, 0) is 14.8 Å². The van der Waals surface area contributed by atoms with Gasteiger partial charge in [-0.05, 0) is 49.7 Å². The summed E-state index contributed by atoms with van der Waals surface area (Å²) in [7, 11) is -1.69. The Hall–Kier alpha value is -2.16. The molecule has 1 aromatic heterocycles. The first kappa shape index (κ1) is 23.0. The molecule has 174 valence electrons. The predicted molar refractivity (Wildman–Crippen MR) is 126 cm³/mol. The summed E-state index contributed by atoms with van der Waals surface area (Å²) in [5.74, 6) is 2.11. The standard InChI is InChI=1S/C24H33N3O4S/c1-30-21-12-14-25-24(16-21)27-15-13-22(26-32(2,28)29)23(27)17-31-20-10-8-19(9-11-20)18-6-4-3-5-7-18/h3-7,12,14,16,19-20,22-23,26H,8-11,13,15,17H2,1-2H3/t19?,20?,22-,23-/m0/s1. The van der Waals surface area contributed by atoms with Crippen LogP contribution in [0, 0.1) is 0 Å². The van der Waals surface area contributed by atoms with Crippen LogP contribution in [0.15, 0.2) is 48.7 Å². The average molecular weight is 460 g/mol. The summed E-state index contributed by atoms with van der Waals surface area (Å²) >= 11 is 0. The number of nitrogens with zero attached hydrogens (tertiary/aromatic N) is 2. The zero-order valence-corrected chi connectivity index (χ0v) is 19.6. The predicted octanol–water partition coefficient (Wildman–Crippen LogP) is 3.33. The molecular formula is C24H33N3O4S. The van der Waals surface area contributed by atoms with Gasteiger partial charge in [-0.2, -0.15) is 0 Å². The van der Waals surface area contributed by atoms with Gasteiger partial charge in [0, 0.05) is 24.8 Å². The van der Waals surface area contributed by atoms with Gasteiger partial charge in [0.2, 0.25) is 10.0 Å². The van der Waals surface area contributed by atoms with Crippen molar-refractivity contribution in [2.75, 3.05) is 31.4 Å². The molecule has 7 nitrogen and oxygen atoms in total. The van der Waals surface area contributed by atoms with Gasteiger partial charge in [0.05, 0.1) is 32.1 Å². The fraction of sp³-hybridized carbons (Fsp3) is 0.542. The number of anilines is 1. The van der Waals surface area contributed by atoms with Crippen molar-refractivity contribution in [2.45, 2.75) is 56.2 Å². The second-order valence-electron chi connectivity index (χ2n) is 8.82. The first-order chi connectivity index (χ1) is 15.4. The molecular weight excluding hydrogens is 426 g/mol. The van der Waals surface area contributed by atoms with E-state index in [0.29, 0.717) is 25.5 Å². The van der Waals surface area contributed by atoms with Crippen molar-refractivity contribution in [3.8, 4) is 5.75 Å². The first-order valence-corrected chi connectivity index (χ1v) is 13.2. The van der Waals surface area contributed by atoms with Gasteiger partial charge in [0.25, 0.3) is 0 Å². The quantitative estimate of drug-likeness (QED) is 0.652. The second kappa shape index (κ2) is 10.2. The summed E-state index contributed by atoms with van der Waals surface area (Å²) in [6, 6.07) is 14.1. The molecule has 0 unspecified atom stereocenters. The Bertz CT molecular complexity index is 978. The van der Waals surface area contributed by atoms with Gasteiger partial charge < -0.3 is 14.4 Å². The maximum Gasteiger partial charge on any atom is 0.209 e. The molecule has 8 heteroatoms. The van der Waals surface area contributed by atoms with E-state index in [4.69, 9.17) is 9.47 Å². The zero-order chi connectivity index (χ0) is 22.6. The molecule has 1 aliphatic heterocycles. The normalized spacial score (nSPS) is 26.2. The number of sulfonamides is 1. The molecule has 2 aliphatic rings. The van der Waals surface area contributed by atoms with Crippen molar-refractivity contribution in [1.82, 2.24) is 9.71 Å². The Kier molecular flexibility index (Phi) is 7.33. The minimum Gasteiger partial charge on any atom is -0.497 e. The maximum atomic E-state index is 11.9. The molecule has 1 aliphatic carbocycles. The van der Waals surface area contributed by atoms with Gasteiger partial charge in [0.1, 0.15) is 11.6 Å². The van der Waals surface area contributed by atoms with E-state index in [1.807, 2.05) is 12.1 Å². The van der Waals surface area contributed by atoms with E-state index in [1.54, 1.807) is 13.3 Å². The minimum atomic E-state index is -3.32. The highest BCUT2D eigenvalue weighted by Gasteiger charge is 2.37. The van der Waals surface area contributed by atoms with Gasteiger partial charge in [0.15, 0.2) is 0 Å². The number of aromatic nitrogens is 1. The lowest BCUT2D eigenvalue weighted by Gasteiger charge is -2.33. The van der Waals surface area contributed by atoms with Gasteiger partial charge in [-0.3, -0.25) is 0 Å². The number of hydrogen-bond donors (Lipinski definition) is 1. The zero-order valence-electron chi connectivity index (χ0n) is 18.8. The SMILES string of the molecule is COc1ccnc(N2CC[C@H](NS(C)(=O)=O)[C@@H]2COC2CCC(c3ccccc3)CC2)c1. The molecule has 2 heterocycles. The lowest BCUT2D eigenvalue weighted by molar-refractivity contribution is 0.0156. The number of pyridine rings is 1. The highest BCUT2D eigenvalue weighted by Crippen LogP contribution is 2.34. The number of benzene rings is 1. The molecule has 32 heavy (non-hydrogen) atoms. The van der Waals surface area contributed by atoms with Crippen LogP contribution in [-0.4, -0.2) is 58.1 Å². The first-order valence-electron chi connectivity index (χ1n) is 11.3. The Morgan fingerprint density at radius 3 is 2.53 bits per heavy atom. The van der Waals surface area contributed by atoms with Crippen LogP contribution >= 0.6 is 0 Å². The summed E-state index contributed by atoms with van der Waals surface area (Å²) < 4.78 is 38.4. The number of methoxy groups -OCH3 is 1. The highest BCUT2D eigenvalue weighted by atomic mass is 32.2. The van der Waals surface area contributed by atoms with Crippen LogP contribution < -0.4 is 14.4 Å². The molecule has 0 spiro atoms. The molecule has 0 radical (unpaired) electrons. The van der Waals surface area contributed by atoms with Crippen molar-refractivity contribution in [1.29, 1.82) is 0 Å². The van der Waals surface area contributed by atoms with Crippen LogP contribution in [0.2, 0.25) is 0 Å². The molecule has 4 rings (SSSR count). The number of nitrogens with one attached hydrogen (secondary N) is 1. The third-order valence-electron chi connectivity index (χ3n) is 6.61. The van der Waals surface area contributed by atoms with Gasteiger partial charge in [-0.1, -0.05) is 30.3 Å². The van der Waals surface area contributed by atoms with Crippen LogP contribution in [0.3, 0.4) is 0 Å². The summed E-state index contributed by atoms with van der Waals surface area (Å²) in [6.07, 6.45) is 8.12. The van der Waals surface area contributed by atoms with Crippen molar-refractivity contribution in [3.63, 3.8) is 0 Å². The molecule has 1 N–H and O–H groups in total. The van der Waals surface area contributed by atoms with Gasteiger partial charge >= 0.3 is 0 Å². The third kappa shape index (κ3) is 5.79. The van der Waals surface area contributed by atoms with E-state index in [9.17, 15) is 8.42 Å². The number of ether oxygens (including phenoxy) is 2. The fourth-order valence-electron chi connectivity index (χ4n) is 4.96. The van der Waals surface area contributed by atoms with Crippen molar-refractivity contribution < 1.29 is 17.9 Å². The smallest absolute Gasteiger partial charge is 0.209 e. The summed E-state index contributed by atoms with van der Waals surface area (Å²) in [6.45, 7) is 1.18.